The predicted octanol–water partition coefficient (Wildman–Crippen LogP) is 16.4. The highest BCUT2D eigenvalue weighted by Gasteiger charge is 2.36. The smallest absolute Gasteiger partial charge is 0.160 e. The molecule has 0 amide bonds. The third-order valence-electron chi connectivity index (χ3n) is 13.1. The molecule has 0 saturated heterocycles. The number of aromatic nitrogens is 2. The molecule has 1 aliphatic carbocycles. The van der Waals surface area contributed by atoms with Gasteiger partial charge < -0.3 is 4.42 Å². The maximum absolute atomic E-state index is 6.60. The van der Waals surface area contributed by atoms with Crippen molar-refractivity contribution in [1.82, 2.24) is 9.97 Å². The van der Waals surface area contributed by atoms with Crippen molar-refractivity contribution in [2.75, 3.05) is 0 Å². The fourth-order valence-electron chi connectivity index (χ4n) is 9.83. The van der Waals surface area contributed by atoms with Gasteiger partial charge in [-0.2, -0.15) is 0 Å². The van der Waals surface area contributed by atoms with E-state index < -0.39 is 0 Å². The Bertz CT molecular complexity index is 3570. The van der Waals surface area contributed by atoms with Gasteiger partial charge in [-0.15, -0.1) is 0 Å². The first-order chi connectivity index (χ1) is 31.5. The Morgan fingerprint density at radius 3 is 1.59 bits per heavy atom. The van der Waals surface area contributed by atoms with Crippen LogP contribution < -0.4 is 0 Å². The zero-order valence-corrected chi connectivity index (χ0v) is 35.6. The Morgan fingerprint density at radius 1 is 0.328 bits per heavy atom. The van der Waals surface area contributed by atoms with Crippen LogP contribution in [0.5, 0.6) is 0 Å². The molecule has 2 aromatic heterocycles. The fraction of sp³-hybridized carbons (Fsp3) is 0.0492. The standard InChI is InChI=1S/C61H42N2O/c1-61(2)54-36-42(39-17-6-3-7-18-39)29-31-49(54)50-32-30-43(37-55(50)61)47-23-12-13-24-51(47)57-38-56(62-60(63-57)41-21-10-5-11-22-41)46-34-44(40-19-8-4-9-20-40)33-45(35-46)48-26-16-27-53-52-25-14-15-28-58(52)64-59(48)53/h3-38H,1-2H3. The van der Waals surface area contributed by atoms with Crippen molar-refractivity contribution in [1.29, 1.82) is 0 Å². The maximum atomic E-state index is 6.60. The van der Waals surface area contributed by atoms with Crippen molar-refractivity contribution < 1.29 is 4.42 Å². The number of fused-ring (bicyclic) bond motifs is 6. The number of rotatable bonds is 7. The molecule has 0 spiro atoms. The van der Waals surface area contributed by atoms with Crippen LogP contribution in [0.15, 0.2) is 223 Å². The van der Waals surface area contributed by atoms with Gasteiger partial charge in [0.1, 0.15) is 11.2 Å². The van der Waals surface area contributed by atoms with Crippen LogP contribution in [-0.2, 0) is 5.41 Å². The molecule has 12 rings (SSSR count). The van der Waals surface area contributed by atoms with Gasteiger partial charge in [-0.3, -0.25) is 0 Å². The first kappa shape index (κ1) is 37.6. The van der Waals surface area contributed by atoms with E-state index in [1.165, 1.54) is 33.4 Å². The van der Waals surface area contributed by atoms with Gasteiger partial charge in [-0.25, -0.2) is 9.97 Å². The summed E-state index contributed by atoms with van der Waals surface area (Å²) in [4.78, 5) is 10.7. The molecule has 302 valence electrons. The number of para-hydroxylation sites is 2. The van der Waals surface area contributed by atoms with E-state index in [-0.39, 0.29) is 5.41 Å². The lowest BCUT2D eigenvalue weighted by Gasteiger charge is -2.23. The van der Waals surface area contributed by atoms with Gasteiger partial charge in [-0.05, 0) is 104 Å². The minimum Gasteiger partial charge on any atom is -0.455 e. The Labute approximate surface area is 373 Å². The van der Waals surface area contributed by atoms with E-state index in [2.05, 4.69) is 202 Å². The van der Waals surface area contributed by atoms with Gasteiger partial charge in [-0.1, -0.05) is 190 Å². The highest BCUT2D eigenvalue weighted by molar-refractivity contribution is 6.10. The highest BCUT2D eigenvalue weighted by atomic mass is 16.3. The minimum absolute atomic E-state index is 0.183. The molecule has 0 atom stereocenters. The summed E-state index contributed by atoms with van der Waals surface area (Å²) in [5, 5.41) is 2.21. The second-order valence-electron chi connectivity index (χ2n) is 17.3. The lowest BCUT2D eigenvalue weighted by atomic mass is 9.80. The van der Waals surface area contributed by atoms with Crippen LogP contribution in [0.4, 0.5) is 0 Å². The summed E-state index contributed by atoms with van der Waals surface area (Å²) < 4.78 is 6.60. The highest BCUT2D eigenvalue weighted by Crippen LogP contribution is 2.51. The molecule has 2 heterocycles. The normalized spacial score (nSPS) is 12.7. The third kappa shape index (κ3) is 6.36. The molecule has 3 heteroatoms. The van der Waals surface area contributed by atoms with E-state index in [0.29, 0.717) is 5.82 Å². The van der Waals surface area contributed by atoms with Crippen LogP contribution in [0.3, 0.4) is 0 Å². The van der Waals surface area contributed by atoms with Gasteiger partial charge in [0.15, 0.2) is 5.82 Å². The van der Waals surface area contributed by atoms with Gasteiger partial charge in [0.25, 0.3) is 0 Å². The first-order valence-corrected chi connectivity index (χ1v) is 22.0. The fourth-order valence-corrected chi connectivity index (χ4v) is 9.83. The Kier molecular flexibility index (Phi) is 8.84. The summed E-state index contributed by atoms with van der Waals surface area (Å²) in [5.74, 6) is 0.675. The Balaban J connectivity index is 1.02. The molecule has 0 N–H and O–H groups in total. The van der Waals surface area contributed by atoms with Crippen LogP contribution in [0.1, 0.15) is 25.0 Å². The average Bonchev–Trinajstić information content (AvgIpc) is 3.85. The zero-order valence-electron chi connectivity index (χ0n) is 35.6. The average molecular weight is 819 g/mol. The van der Waals surface area contributed by atoms with E-state index in [0.717, 1.165) is 83.4 Å². The second-order valence-corrected chi connectivity index (χ2v) is 17.3. The molecular weight excluding hydrogens is 777 g/mol. The van der Waals surface area contributed by atoms with Crippen molar-refractivity contribution in [2.45, 2.75) is 19.3 Å². The largest absolute Gasteiger partial charge is 0.455 e. The summed E-state index contributed by atoms with van der Waals surface area (Å²) in [7, 11) is 0. The van der Waals surface area contributed by atoms with Gasteiger partial charge >= 0.3 is 0 Å². The van der Waals surface area contributed by atoms with Crippen LogP contribution in [0.2, 0.25) is 0 Å². The zero-order chi connectivity index (χ0) is 42.8. The molecule has 64 heavy (non-hydrogen) atoms. The quantitative estimate of drug-likeness (QED) is 0.161. The Morgan fingerprint density at radius 2 is 0.859 bits per heavy atom. The molecule has 0 aliphatic heterocycles. The predicted molar refractivity (Wildman–Crippen MR) is 265 cm³/mol. The molecule has 9 aromatic carbocycles. The van der Waals surface area contributed by atoms with Crippen molar-refractivity contribution in [3.63, 3.8) is 0 Å². The number of furan rings is 1. The van der Waals surface area contributed by atoms with Crippen LogP contribution in [0, 0.1) is 0 Å². The molecule has 0 saturated carbocycles. The minimum atomic E-state index is -0.183. The van der Waals surface area contributed by atoms with Gasteiger partial charge in [0, 0.05) is 38.4 Å². The topological polar surface area (TPSA) is 38.9 Å². The van der Waals surface area contributed by atoms with Crippen molar-refractivity contribution in [3.05, 3.63) is 230 Å². The van der Waals surface area contributed by atoms with Crippen molar-refractivity contribution in [2.24, 2.45) is 0 Å². The number of hydrogen-bond donors (Lipinski definition) is 0. The van der Waals surface area contributed by atoms with Gasteiger partial charge in [0.2, 0.25) is 0 Å². The van der Waals surface area contributed by atoms with Crippen molar-refractivity contribution >= 4 is 21.9 Å². The molecule has 11 aromatic rings. The summed E-state index contributed by atoms with van der Waals surface area (Å²) in [5.41, 5.74) is 20.7. The van der Waals surface area contributed by atoms with Crippen LogP contribution in [0.25, 0.3) is 111 Å². The maximum Gasteiger partial charge on any atom is 0.160 e. The number of nitrogens with zero attached hydrogens (tertiary/aromatic N) is 2. The van der Waals surface area contributed by atoms with E-state index in [1.807, 2.05) is 30.3 Å². The lowest BCUT2D eigenvalue weighted by Crippen LogP contribution is -2.15. The molecule has 0 fully saturated rings. The summed E-state index contributed by atoms with van der Waals surface area (Å²) in [6.45, 7) is 4.72. The van der Waals surface area contributed by atoms with E-state index >= 15 is 0 Å². The molecule has 0 bridgehead atoms. The SMILES string of the molecule is CC1(C)c2cc(-c3ccccc3)ccc2-c2ccc(-c3ccccc3-c3cc(-c4cc(-c5ccccc5)cc(-c5cccc6c5oc5ccccc56)c4)nc(-c4ccccc4)n3)cc21. The summed E-state index contributed by atoms with van der Waals surface area (Å²) in [6, 6.07) is 77.9. The second kappa shape index (κ2) is 15.0. The van der Waals surface area contributed by atoms with E-state index in [4.69, 9.17) is 14.4 Å². The van der Waals surface area contributed by atoms with Crippen molar-refractivity contribution in [3.8, 4) is 89.5 Å². The molecule has 1 aliphatic rings. The number of hydrogen-bond acceptors (Lipinski definition) is 3. The molecule has 0 radical (unpaired) electrons. The van der Waals surface area contributed by atoms with E-state index in [1.54, 1.807) is 0 Å². The monoisotopic (exact) mass is 818 g/mol. The first-order valence-electron chi connectivity index (χ1n) is 22.0. The van der Waals surface area contributed by atoms with Crippen LogP contribution in [-0.4, -0.2) is 9.97 Å². The van der Waals surface area contributed by atoms with Crippen LogP contribution >= 0.6 is 0 Å². The summed E-state index contributed by atoms with van der Waals surface area (Å²) >= 11 is 0. The summed E-state index contributed by atoms with van der Waals surface area (Å²) in [6.07, 6.45) is 0. The Hall–Kier alpha value is -8.14. The van der Waals surface area contributed by atoms with Gasteiger partial charge in [0.05, 0.1) is 11.4 Å². The molecule has 0 unspecified atom stereocenters. The molecule has 3 nitrogen and oxygen atoms in total. The van der Waals surface area contributed by atoms with E-state index in [9.17, 15) is 0 Å². The molecular formula is C61H42N2O. The number of benzene rings is 9. The third-order valence-corrected chi connectivity index (χ3v) is 13.1. The lowest BCUT2D eigenvalue weighted by molar-refractivity contribution is 0.661.